The molecule has 0 unspecified atom stereocenters. The first kappa shape index (κ1) is 12.7. The van der Waals surface area contributed by atoms with E-state index in [1.54, 1.807) is 6.07 Å². The standard InChI is InChI=1S/C10H15ClN4O/c1-2-3-4-13-10(16)7-5-8(11)14-9(6-7)15-12/h5-6H,2-4,12H2,1H3,(H,13,16)(H,14,15). The van der Waals surface area contributed by atoms with Crippen LogP contribution in [-0.4, -0.2) is 17.4 Å². The highest BCUT2D eigenvalue weighted by atomic mass is 35.5. The fraction of sp³-hybridized carbons (Fsp3) is 0.400. The average molecular weight is 243 g/mol. The summed E-state index contributed by atoms with van der Waals surface area (Å²) in [5, 5.41) is 3.02. The largest absolute Gasteiger partial charge is 0.352 e. The van der Waals surface area contributed by atoms with Gasteiger partial charge >= 0.3 is 0 Å². The van der Waals surface area contributed by atoms with Gasteiger partial charge in [-0.15, -0.1) is 0 Å². The highest BCUT2D eigenvalue weighted by molar-refractivity contribution is 6.29. The predicted octanol–water partition coefficient (Wildman–Crippen LogP) is 1.55. The first-order valence-electron chi connectivity index (χ1n) is 5.09. The Balaban J connectivity index is 2.71. The molecule has 16 heavy (non-hydrogen) atoms. The minimum absolute atomic E-state index is 0.172. The lowest BCUT2D eigenvalue weighted by Gasteiger charge is -2.06. The summed E-state index contributed by atoms with van der Waals surface area (Å²) in [7, 11) is 0. The molecule has 4 N–H and O–H groups in total. The van der Waals surface area contributed by atoms with E-state index < -0.39 is 0 Å². The summed E-state index contributed by atoms with van der Waals surface area (Å²) in [6.07, 6.45) is 1.99. The van der Waals surface area contributed by atoms with E-state index in [9.17, 15) is 4.79 Å². The van der Waals surface area contributed by atoms with Crippen molar-refractivity contribution >= 4 is 23.3 Å². The molecule has 88 valence electrons. The van der Waals surface area contributed by atoms with Crippen molar-refractivity contribution in [1.29, 1.82) is 0 Å². The van der Waals surface area contributed by atoms with Gasteiger partial charge in [0.05, 0.1) is 0 Å². The molecule has 0 fully saturated rings. The summed E-state index contributed by atoms with van der Waals surface area (Å²) in [5.41, 5.74) is 2.80. The highest BCUT2D eigenvalue weighted by Crippen LogP contribution is 2.13. The first-order chi connectivity index (χ1) is 7.67. The van der Waals surface area contributed by atoms with Crippen molar-refractivity contribution in [2.24, 2.45) is 5.84 Å². The minimum Gasteiger partial charge on any atom is -0.352 e. The third-order valence-electron chi connectivity index (χ3n) is 2.02. The fourth-order valence-electron chi connectivity index (χ4n) is 1.18. The molecule has 0 saturated heterocycles. The molecule has 0 atom stereocenters. The monoisotopic (exact) mass is 242 g/mol. The molecule has 1 amide bonds. The van der Waals surface area contributed by atoms with Crippen LogP contribution in [0.25, 0.3) is 0 Å². The molecule has 0 aliphatic heterocycles. The summed E-state index contributed by atoms with van der Waals surface area (Å²) >= 11 is 5.75. The molecule has 1 rings (SSSR count). The van der Waals surface area contributed by atoms with E-state index in [-0.39, 0.29) is 11.1 Å². The van der Waals surface area contributed by atoms with Gasteiger partial charge in [0.1, 0.15) is 11.0 Å². The van der Waals surface area contributed by atoms with Crippen molar-refractivity contribution in [2.75, 3.05) is 12.0 Å². The maximum absolute atomic E-state index is 11.7. The summed E-state index contributed by atoms with van der Waals surface area (Å²) in [5.74, 6) is 5.40. The molecule has 1 aromatic rings. The number of hydrogen-bond acceptors (Lipinski definition) is 4. The molecule has 0 aliphatic carbocycles. The van der Waals surface area contributed by atoms with E-state index in [1.165, 1.54) is 6.07 Å². The van der Waals surface area contributed by atoms with Gasteiger partial charge in [0.15, 0.2) is 0 Å². The van der Waals surface area contributed by atoms with Crippen molar-refractivity contribution in [2.45, 2.75) is 19.8 Å². The number of carbonyl (C=O) groups is 1. The lowest BCUT2D eigenvalue weighted by atomic mass is 10.2. The molecule has 0 bridgehead atoms. The number of carbonyl (C=O) groups excluding carboxylic acids is 1. The second kappa shape index (κ2) is 6.30. The lowest BCUT2D eigenvalue weighted by molar-refractivity contribution is 0.0953. The third kappa shape index (κ3) is 3.67. The van der Waals surface area contributed by atoms with Crippen molar-refractivity contribution in [1.82, 2.24) is 10.3 Å². The zero-order valence-corrected chi connectivity index (χ0v) is 9.84. The number of nitrogens with zero attached hydrogens (tertiary/aromatic N) is 1. The number of hydrogen-bond donors (Lipinski definition) is 3. The minimum atomic E-state index is -0.172. The lowest BCUT2D eigenvalue weighted by Crippen LogP contribution is -2.24. The molecule has 0 saturated carbocycles. The zero-order chi connectivity index (χ0) is 12.0. The predicted molar refractivity (Wildman–Crippen MR) is 64.3 cm³/mol. The van der Waals surface area contributed by atoms with Gasteiger partial charge in [-0.2, -0.15) is 0 Å². The summed E-state index contributed by atoms with van der Waals surface area (Å²) in [6, 6.07) is 3.05. The van der Waals surface area contributed by atoms with E-state index in [0.717, 1.165) is 12.8 Å². The first-order valence-corrected chi connectivity index (χ1v) is 5.47. The zero-order valence-electron chi connectivity index (χ0n) is 9.09. The number of amides is 1. The van der Waals surface area contributed by atoms with Gasteiger partial charge in [0.2, 0.25) is 0 Å². The Kier molecular flexibility index (Phi) is 5.01. The third-order valence-corrected chi connectivity index (χ3v) is 2.21. The number of anilines is 1. The molecule has 0 aliphatic rings. The van der Waals surface area contributed by atoms with Gasteiger partial charge in [0, 0.05) is 12.1 Å². The average Bonchev–Trinajstić information content (AvgIpc) is 2.28. The number of halogens is 1. The number of unbranched alkanes of at least 4 members (excludes halogenated alkanes) is 1. The highest BCUT2D eigenvalue weighted by Gasteiger charge is 2.08. The van der Waals surface area contributed by atoms with E-state index in [1.807, 2.05) is 0 Å². The Hall–Kier alpha value is -1.33. The van der Waals surface area contributed by atoms with Gasteiger partial charge in [0.25, 0.3) is 5.91 Å². The Morgan fingerprint density at radius 1 is 1.56 bits per heavy atom. The number of aromatic nitrogens is 1. The smallest absolute Gasteiger partial charge is 0.251 e. The number of nitrogens with one attached hydrogen (secondary N) is 2. The van der Waals surface area contributed by atoms with Crippen LogP contribution in [0.5, 0.6) is 0 Å². The van der Waals surface area contributed by atoms with Crippen LogP contribution in [0.3, 0.4) is 0 Å². The fourth-order valence-corrected chi connectivity index (χ4v) is 1.39. The van der Waals surface area contributed by atoms with Crippen LogP contribution in [0.2, 0.25) is 5.15 Å². The van der Waals surface area contributed by atoms with Gasteiger partial charge < -0.3 is 10.7 Å². The number of nitrogen functional groups attached to an aromatic ring is 1. The van der Waals surface area contributed by atoms with Crippen LogP contribution in [0, 0.1) is 0 Å². The maximum Gasteiger partial charge on any atom is 0.251 e. The number of rotatable bonds is 5. The molecule has 1 aromatic heterocycles. The molecule has 0 radical (unpaired) electrons. The SMILES string of the molecule is CCCCNC(=O)c1cc(Cl)nc(NN)c1. The summed E-state index contributed by atoms with van der Waals surface area (Å²) in [6.45, 7) is 2.71. The molecule has 0 spiro atoms. The Morgan fingerprint density at radius 2 is 2.31 bits per heavy atom. The topological polar surface area (TPSA) is 80.0 Å². The summed E-state index contributed by atoms with van der Waals surface area (Å²) < 4.78 is 0. The van der Waals surface area contributed by atoms with Gasteiger partial charge in [-0.1, -0.05) is 24.9 Å². The number of nitrogens with two attached hydrogens (primary N) is 1. The maximum atomic E-state index is 11.7. The quantitative estimate of drug-likeness (QED) is 0.317. The molecule has 5 nitrogen and oxygen atoms in total. The Morgan fingerprint density at radius 3 is 2.94 bits per heavy atom. The molecule has 0 aromatic carbocycles. The number of hydrazine groups is 1. The second-order valence-corrected chi connectivity index (χ2v) is 3.70. The molecule has 1 heterocycles. The van der Waals surface area contributed by atoms with Crippen LogP contribution >= 0.6 is 11.6 Å². The van der Waals surface area contributed by atoms with Crippen molar-refractivity contribution in [3.05, 3.63) is 22.8 Å². The summed E-state index contributed by atoms with van der Waals surface area (Å²) in [4.78, 5) is 15.6. The van der Waals surface area contributed by atoms with Crippen molar-refractivity contribution < 1.29 is 4.79 Å². The second-order valence-electron chi connectivity index (χ2n) is 3.32. The van der Waals surface area contributed by atoms with Crippen LogP contribution in [-0.2, 0) is 0 Å². The van der Waals surface area contributed by atoms with Crippen LogP contribution in [0.1, 0.15) is 30.1 Å². The Labute approximate surface area is 99.4 Å². The molecular weight excluding hydrogens is 228 g/mol. The molecule has 6 heteroatoms. The van der Waals surface area contributed by atoms with Crippen LogP contribution in [0.4, 0.5) is 5.82 Å². The van der Waals surface area contributed by atoms with E-state index in [4.69, 9.17) is 17.4 Å². The number of pyridine rings is 1. The van der Waals surface area contributed by atoms with Crippen molar-refractivity contribution in [3.8, 4) is 0 Å². The van der Waals surface area contributed by atoms with E-state index in [0.29, 0.717) is 17.9 Å². The van der Waals surface area contributed by atoms with E-state index in [2.05, 4.69) is 22.7 Å². The molecular formula is C10H15ClN4O. The van der Waals surface area contributed by atoms with E-state index >= 15 is 0 Å². The Bertz CT molecular complexity index is 370. The van der Waals surface area contributed by atoms with Crippen LogP contribution < -0.4 is 16.6 Å². The van der Waals surface area contributed by atoms with Crippen molar-refractivity contribution in [3.63, 3.8) is 0 Å². The normalized spacial score (nSPS) is 9.94. The van der Waals surface area contributed by atoms with Gasteiger partial charge in [-0.25, -0.2) is 10.8 Å². The van der Waals surface area contributed by atoms with Gasteiger partial charge in [-0.05, 0) is 18.6 Å². The van der Waals surface area contributed by atoms with Gasteiger partial charge in [-0.3, -0.25) is 4.79 Å². The van der Waals surface area contributed by atoms with Crippen LogP contribution in [0.15, 0.2) is 12.1 Å².